The van der Waals surface area contributed by atoms with Crippen molar-refractivity contribution in [1.82, 2.24) is 0 Å². The maximum absolute atomic E-state index is 9.45. The molecule has 0 spiro atoms. The van der Waals surface area contributed by atoms with Crippen molar-refractivity contribution in [2.45, 2.75) is 12.2 Å². The molecule has 5 N–H and O–H groups in total. The summed E-state index contributed by atoms with van der Waals surface area (Å²) in [7, 11) is 0. The summed E-state index contributed by atoms with van der Waals surface area (Å²) in [6.45, 7) is -0.608. The minimum atomic E-state index is -0.960. The lowest BCUT2D eigenvalue weighted by atomic mass is 10.2. The van der Waals surface area contributed by atoms with Crippen molar-refractivity contribution in [3.05, 3.63) is 24.3 Å². The minimum Gasteiger partial charge on any atom is -0.508 e. The average molecular weight is 257 g/mol. The van der Waals surface area contributed by atoms with Crippen LogP contribution in [0.3, 0.4) is 0 Å². The monoisotopic (exact) mass is 257 g/mol. The van der Waals surface area contributed by atoms with Gasteiger partial charge in [0, 0.05) is 24.8 Å². The molecule has 1 aromatic rings. The molecule has 0 aromatic heterocycles. The quantitative estimate of drug-likeness (QED) is 0.425. The van der Waals surface area contributed by atoms with Crippen molar-refractivity contribution in [2.75, 3.05) is 31.2 Å². The summed E-state index contributed by atoms with van der Waals surface area (Å²) in [6.07, 6.45) is -1.92. The Hall–Kier alpha value is -1.34. The molecule has 18 heavy (non-hydrogen) atoms. The zero-order valence-corrected chi connectivity index (χ0v) is 9.98. The van der Waals surface area contributed by atoms with Crippen molar-refractivity contribution in [1.29, 1.82) is 0 Å². The Kier molecular flexibility index (Phi) is 5.87. The topological polar surface area (TPSA) is 104 Å². The highest BCUT2D eigenvalue weighted by atomic mass is 16.3. The SMILES string of the molecule is OCC(O)CN(CC(O)CO)c1cccc(O)c1. The lowest BCUT2D eigenvalue weighted by Gasteiger charge is -2.28. The summed E-state index contributed by atoms with van der Waals surface area (Å²) in [5.41, 5.74) is 0.593. The van der Waals surface area contributed by atoms with Crippen LogP contribution in [0.5, 0.6) is 5.75 Å². The first-order chi connectivity index (χ1) is 8.56. The number of aromatic hydroxyl groups is 1. The van der Waals surface area contributed by atoms with E-state index < -0.39 is 25.4 Å². The lowest BCUT2D eigenvalue weighted by molar-refractivity contribution is 0.0839. The molecule has 1 rings (SSSR count). The van der Waals surface area contributed by atoms with Gasteiger partial charge in [-0.3, -0.25) is 0 Å². The van der Waals surface area contributed by atoms with E-state index in [9.17, 15) is 15.3 Å². The van der Waals surface area contributed by atoms with E-state index in [2.05, 4.69) is 0 Å². The minimum absolute atomic E-state index is 0.0643. The van der Waals surface area contributed by atoms with E-state index in [0.717, 1.165) is 0 Å². The number of benzene rings is 1. The highest BCUT2D eigenvalue weighted by molar-refractivity contribution is 5.50. The summed E-state index contributed by atoms with van der Waals surface area (Å²) in [6, 6.07) is 6.32. The molecule has 0 bridgehead atoms. The van der Waals surface area contributed by atoms with E-state index in [-0.39, 0.29) is 18.8 Å². The van der Waals surface area contributed by atoms with Gasteiger partial charge in [0.2, 0.25) is 0 Å². The smallest absolute Gasteiger partial charge is 0.117 e. The van der Waals surface area contributed by atoms with Crippen LogP contribution in [-0.2, 0) is 0 Å². The van der Waals surface area contributed by atoms with Gasteiger partial charge in [-0.15, -0.1) is 0 Å². The van der Waals surface area contributed by atoms with Crippen molar-refractivity contribution >= 4 is 5.69 Å². The molecule has 0 aliphatic carbocycles. The molecule has 102 valence electrons. The van der Waals surface area contributed by atoms with E-state index in [1.165, 1.54) is 12.1 Å². The van der Waals surface area contributed by atoms with Crippen LogP contribution in [0.4, 0.5) is 5.69 Å². The summed E-state index contributed by atoms with van der Waals surface area (Å²) < 4.78 is 0. The third-order valence-corrected chi connectivity index (χ3v) is 2.48. The molecule has 0 saturated carbocycles. The fourth-order valence-electron chi connectivity index (χ4n) is 1.60. The second-order valence-electron chi connectivity index (χ2n) is 4.10. The van der Waals surface area contributed by atoms with Crippen LogP contribution in [0.2, 0.25) is 0 Å². The fourth-order valence-corrected chi connectivity index (χ4v) is 1.60. The van der Waals surface area contributed by atoms with Gasteiger partial charge in [0.1, 0.15) is 5.75 Å². The Bertz CT molecular complexity index is 348. The predicted octanol–water partition coefficient (Wildman–Crippen LogP) is -1.09. The molecule has 0 aliphatic rings. The van der Waals surface area contributed by atoms with Gasteiger partial charge in [-0.05, 0) is 12.1 Å². The van der Waals surface area contributed by atoms with Crippen LogP contribution in [0.25, 0.3) is 0 Å². The number of rotatable bonds is 7. The average Bonchev–Trinajstić information content (AvgIpc) is 2.37. The normalized spacial score (nSPS) is 14.2. The van der Waals surface area contributed by atoms with Crippen LogP contribution < -0.4 is 4.90 Å². The molecule has 1 aromatic carbocycles. The molecule has 6 heteroatoms. The van der Waals surface area contributed by atoms with Crippen molar-refractivity contribution < 1.29 is 25.5 Å². The van der Waals surface area contributed by atoms with Crippen LogP contribution in [0.15, 0.2) is 24.3 Å². The van der Waals surface area contributed by atoms with Crippen LogP contribution >= 0.6 is 0 Å². The molecule has 0 aliphatic heterocycles. The number of hydrogen-bond acceptors (Lipinski definition) is 6. The molecular weight excluding hydrogens is 238 g/mol. The van der Waals surface area contributed by atoms with Crippen LogP contribution in [0, 0.1) is 0 Å². The van der Waals surface area contributed by atoms with E-state index in [4.69, 9.17) is 10.2 Å². The maximum atomic E-state index is 9.45. The molecule has 6 nitrogen and oxygen atoms in total. The molecule has 0 saturated heterocycles. The first-order valence-corrected chi connectivity index (χ1v) is 5.68. The molecule has 0 radical (unpaired) electrons. The number of nitrogens with zero attached hydrogens (tertiary/aromatic N) is 1. The Balaban J connectivity index is 2.82. The summed E-state index contributed by atoms with van der Waals surface area (Å²) in [5.74, 6) is 0.0643. The van der Waals surface area contributed by atoms with E-state index in [1.807, 2.05) is 0 Å². The standard InChI is InChI=1S/C12H19NO5/c14-7-11(17)5-13(6-12(18)8-15)9-2-1-3-10(16)4-9/h1-4,11-12,14-18H,5-8H2. The highest BCUT2D eigenvalue weighted by Crippen LogP contribution is 2.20. The van der Waals surface area contributed by atoms with E-state index >= 15 is 0 Å². The van der Waals surface area contributed by atoms with Gasteiger partial charge < -0.3 is 30.4 Å². The molecule has 2 atom stereocenters. The zero-order valence-electron chi connectivity index (χ0n) is 9.98. The number of hydrogen-bond donors (Lipinski definition) is 5. The highest BCUT2D eigenvalue weighted by Gasteiger charge is 2.15. The molecular formula is C12H19NO5. The molecule has 0 heterocycles. The number of aliphatic hydroxyl groups is 4. The Labute approximate surface area is 105 Å². The van der Waals surface area contributed by atoms with E-state index in [0.29, 0.717) is 5.69 Å². The van der Waals surface area contributed by atoms with Crippen LogP contribution in [0.1, 0.15) is 0 Å². The number of phenolic OH excluding ortho intramolecular Hbond substituents is 1. The van der Waals surface area contributed by atoms with Crippen molar-refractivity contribution in [3.63, 3.8) is 0 Å². The first-order valence-electron chi connectivity index (χ1n) is 5.68. The van der Waals surface area contributed by atoms with Gasteiger partial charge in [0.25, 0.3) is 0 Å². The molecule has 0 amide bonds. The fraction of sp³-hybridized carbons (Fsp3) is 0.500. The van der Waals surface area contributed by atoms with Gasteiger partial charge >= 0.3 is 0 Å². The predicted molar refractivity (Wildman–Crippen MR) is 66.5 cm³/mol. The van der Waals surface area contributed by atoms with Crippen LogP contribution in [-0.4, -0.2) is 64.0 Å². The van der Waals surface area contributed by atoms with Gasteiger partial charge in [-0.25, -0.2) is 0 Å². The molecule has 0 fully saturated rings. The summed E-state index contributed by atoms with van der Waals surface area (Å²) in [4.78, 5) is 1.58. The van der Waals surface area contributed by atoms with E-state index in [1.54, 1.807) is 17.0 Å². The van der Waals surface area contributed by atoms with Gasteiger partial charge in [0.15, 0.2) is 0 Å². The maximum Gasteiger partial charge on any atom is 0.117 e. The Morgan fingerprint density at radius 2 is 1.56 bits per heavy atom. The Morgan fingerprint density at radius 3 is 2.00 bits per heavy atom. The zero-order chi connectivity index (χ0) is 13.5. The van der Waals surface area contributed by atoms with Gasteiger partial charge in [-0.2, -0.15) is 0 Å². The largest absolute Gasteiger partial charge is 0.508 e. The van der Waals surface area contributed by atoms with Gasteiger partial charge in [0.05, 0.1) is 25.4 Å². The molecule has 2 unspecified atom stereocenters. The lowest BCUT2D eigenvalue weighted by Crippen LogP contribution is -2.40. The number of phenols is 1. The van der Waals surface area contributed by atoms with Crippen molar-refractivity contribution in [2.24, 2.45) is 0 Å². The second kappa shape index (κ2) is 7.17. The summed E-state index contributed by atoms with van der Waals surface area (Å²) in [5, 5.41) is 46.0. The number of anilines is 1. The number of aliphatic hydroxyl groups excluding tert-OH is 4. The first kappa shape index (κ1) is 14.7. The third kappa shape index (κ3) is 4.50. The summed E-state index contributed by atoms with van der Waals surface area (Å²) >= 11 is 0. The third-order valence-electron chi connectivity index (χ3n) is 2.48. The second-order valence-corrected chi connectivity index (χ2v) is 4.10. The Morgan fingerprint density at radius 1 is 1.00 bits per heavy atom. The van der Waals surface area contributed by atoms with Crippen molar-refractivity contribution in [3.8, 4) is 5.75 Å². The van der Waals surface area contributed by atoms with Gasteiger partial charge in [-0.1, -0.05) is 6.07 Å².